The smallest absolute Gasteiger partial charge is 0.335 e. The molecular formula is C30H26N6O4S. The first-order valence-corrected chi connectivity index (χ1v) is 13.6. The molecule has 0 atom stereocenters. The summed E-state index contributed by atoms with van der Waals surface area (Å²) in [5.74, 6) is -0.657. The molecule has 2 N–H and O–H groups in total. The molecule has 0 unspecified atom stereocenters. The number of rotatable bonds is 11. The van der Waals surface area contributed by atoms with Gasteiger partial charge in [0.2, 0.25) is 5.91 Å². The molecule has 0 aliphatic rings. The fraction of sp³-hybridized carbons (Fsp3) is 0.133. The first-order chi connectivity index (χ1) is 20.0. The van der Waals surface area contributed by atoms with Crippen molar-refractivity contribution in [2.75, 3.05) is 12.0 Å². The molecule has 2 aromatic heterocycles. The highest BCUT2D eigenvalue weighted by Gasteiger charge is 2.20. The number of aromatic nitrogens is 4. The number of nitrogens with zero attached hydrogens (tertiary/aromatic N) is 5. The molecule has 0 saturated carbocycles. The normalized spacial score (nSPS) is 11.3. The Kier molecular flexibility index (Phi) is 8.55. The molecule has 1 amide bonds. The SMILES string of the molecule is CON=C(CCC(=O)N(Cc1ccc(-c2ccccc2-c2nnn[nH]2)cc1)c1cccc(C(=O)O)c1)c1cccs1. The van der Waals surface area contributed by atoms with E-state index in [2.05, 4.69) is 25.8 Å². The lowest BCUT2D eigenvalue weighted by atomic mass is 9.98. The monoisotopic (exact) mass is 566 g/mol. The summed E-state index contributed by atoms with van der Waals surface area (Å²) < 4.78 is 0. The highest BCUT2D eigenvalue weighted by molar-refractivity contribution is 7.12. The number of carboxylic acid groups (broad SMARTS) is 1. The summed E-state index contributed by atoms with van der Waals surface area (Å²) in [6.07, 6.45) is 0.530. The van der Waals surface area contributed by atoms with Crippen LogP contribution in [0.3, 0.4) is 0 Å². The van der Waals surface area contributed by atoms with Crippen LogP contribution in [0.1, 0.15) is 33.6 Å². The average Bonchev–Trinajstić information content (AvgIpc) is 3.74. The maximum atomic E-state index is 13.6. The van der Waals surface area contributed by atoms with Crippen molar-refractivity contribution in [3.8, 4) is 22.5 Å². The Morgan fingerprint density at radius 2 is 1.78 bits per heavy atom. The predicted octanol–water partition coefficient (Wildman–Crippen LogP) is 5.66. The van der Waals surface area contributed by atoms with Crippen molar-refractivity contribution in [1.82, 2.24) is 20.6 Å². The molecular weight excluding hydrogens is 540 g/mol. The van der Waals surface area contributed by atoms with Crippen molar-refractivity contribution in [2.45, 2.75) is 19.4 Å². The van der Waals surface area contributed by atoms with Gasteiger partial charge in [-0.25, -0.2) is 9.89 Å². The Hall–Kier alpha value is -5.16. The number of tetrazole rings is 1. The highest BCUT2D eigenvalue weighted by Crippen LogP contribution is 2.30. The summed E-state index contributed by atoms with van der Waals surface area (Å²) >= 11 is 1.52. The van der Waals surface area contributed by atoms with Gasteiger partial charge in [-0.05, 0) is 56.8 Å². The van der Waals surface area contributed by atoms with E-state index in [-0.39, 0.29) is 24.4 Å². The number of nitrogens with one attached hydrogen (secondary N) is 1. The number of aromatic amines is 1. The van der Waals surface area contributed by atoms with Crippen molar-refractivity contribution in [3.63, 3.8) is 0 Å². The molecule has 0 radical (unpaired) electrons. The summed E-state index contributed by atoms with van der Waals surface area (Å²) in [6, 6.07) is 25.9. The molecule has 0 spiro atoms. The maximum Gasteiger partial charge on any atom is 0.335 e. The van der Waals surface area contributed by atoms with Crippen LogP contribution in [-0.4, -0.2) is 50.4 Å². The fourth-order valence-corrected chi connectivity index (χ4v) is 5.18. The fourth-order valence-electron chi connectivity index (χ4n) is 4.44. The van der Waals surface area contributed by atoms with Gasteiger partial charge in [0.15, 0.2) is 5.82 Å². The van der Waals surface area contributed by atoms with E-state index in [0.29, 0.717) is 23.6 Å². The van der Waals surface area contributed by atoms with E-state index in [0.717, 1.165) is 27.1 Å². The van der Waals surface area contributed by atoms with Crippen molar-refractivity contribution in [1.29, 1.82) is 0 Å². The molecule has 3 aromatic carbocycles. The molecule has 206 valence electrons. The predicted molar refractivity (Wildman–Crippen MR) is 157 cm³/mol. The van der Waals surface area contributed by atoms with E-state index < -0.39 is 5.97 Å². The van der Waals surface area contributed by atoms with Crippen molar-refractivity contribution in [3.05, 3.63) is 106 Å². The van der Waals surface area contributed by atoms with Gasteiger partial charge in [-0.15, -0.1) is 16.4 Å². The second-order valence-electron chi connectivity index (χ2n) is 9.03. The molecule has 41 heavy (non-hydrogen) atoms. The zero-order valence-electron chi connectivity index (χ0n) is 22.1. The minimum atomic E-state index is -1.06. The molecule has 2 heterocycles. The van der Waals surface area contributed by atoms with Crippen LogP contribution in [0.25, 0.3) is 22.5 Å². The van der Waals surface area contributed by atoms with Crippen LogP contribution in [0.4, 0.5) is 5.69 Å². The van der Waals surface area contributed by atoms with Gasteiger partial charge in [0.25, 0.3) is 0 Å². The van der Waals surface area contributed by atoms with E-state index in [1.54, 1.807) is 17.0 Å². The maximum absolute atomic E-state index is 13.6. The Balaban J connectivity index is 1.40. The van der Waals surface area contributed by atoms with Crippen LogP contribution in [0, 0.1) is 0 Å². The highest BCUT2D eigenvalue weighted by atomic mass is 32.1. The third kappa shape index (κ3) is 6.53. The van der Waals surface area contributed by atoms with Crippen LogP contribution in [0.2, 0.25) is 0 Å². The number of aromatic carboxylic acids is 1. The minimum absolute atomic E-state index is 0.106. The molecule has 0 saturated heterocycles. The van der Waals surface area contributed by atoms with Gasteiger partial charge in [0, 0.05) is 24.1 Å². The topological polar surface area (TPSA) is 134 Å². The van der Waals surface area contributed by atoms with Gasteiger partial charge >= 0.3 is 5.97 Å². The summed E-state index contributed by atoms with van der Waals surface area (Å²) in [5.41, 5.74) is 4.96. The zero-order chi connectivity index (χ0) is 28.6. The summed E-state index contributed by atoms with van der Waals surface area (Å²) in [7, 11) is 1.48. The largest absolute Gasteiger partial charge is 0.478 e. The van der Waals surface area contributed by atoms with E-state index in [1.807, 2.05) is 66.0 Å². The van der Waals surface area contributed by atoms with E-state index in [1.165, 1.54) is 30.6 Å². The van der Waals surface area contributed by atoms with Crippen LogP contribution in [0.5, 0.6) is 0 Å². The van der Waals surface area contributed by atoms with Crippen LogP contribution < -0.4 is 4.90 Å². The Bertz CT molecular complexity index is 1650. The Labute approximate surface area is 239 Å². The lowest BCUT2D eigenvalue weighted by Gasteiger charge is -2.24. The second kappa shape index (κ2) is 12.8. The Morgan fingerprint density at radius 1 is 0.976 bits per heavy atom. The van der Waals surface area contributed by atoms with Gasteiger partial charge in [-0.1, -0.05) is 65.8 Å². The number of carboxylic acids is 1. The van der Waals surface area contributed by atoms with Crippen molar-refractivity contribution >= 4 is 34.6 Å². The number of carbonyl (C=O) groups is 2. The lowest BCUT2D eigenvalue weighted by Crippen LogP contribution is -2.31. The number of thiophene rings is 1. The van der Waals surface area contributed by atoms with Gasteiger partial charge in [-0.2, -0.15) is 0 Å². The van der Waals surface area contributed by atoms with Gasteiger partial charge in [0.05, 0.1) is 22.7 Å². The standard InChI is InChI=1S/C30H26N6O4S/c1-40-33-26(27-10-5-17-41-27)15-16-28(37)36(23-7-4-6-22(18-23)30(38)39)19-20-11-13-21(14-12-20)24-8-2-3-9-25(24)29-31-34-35-32-29/h2-14,17-18H,15-16,19H2,1H3,(H,38,39)(H,31,32,34,35). The Morgan fingerprint density at radius 3 is 2.46 bits per heavy atom. The van der Waals surface area contributed by atoms with Gasteiger partial charge in [-0.3, -0.25) is 4.79 Å². The quantitative estimate of drug-likeness (QED) is 0.156. The van der Waals surface area contributed by atoms with E-state index in [9.17, 15) is 14.7 Å². The lowest BCUT2D eigenvalue weighted by molar-refractivity contribution is -0.118. The molecule has 5 rings (SSSR count). The van der Waals surface area contributed by atoms with E-state index >= 15 is 0 Å². The first kappa shape index (κ1) is 27.4. The number of hydrogen-bond donors (Lipinski definition) is 2. The number of amides is 1. The number of oxime groups is 1. The van der Waals surface area contributed by atoms with Crippen LogP contribution in [-0.2, 0) is 16.2 Å². The van der Waals surface area contributed by atoms with E-state index in [4.69, 9.17) is 4.84 Å². The molecule has 0 fully saturated rings. The first-order valence-electron chi connectivity index (χ1n) is 12.7. The second-order valence-corrected chi connectivity index (χ2v) is 9.97. The molecule has 0 aliphatic carbocycles. The van der Waals surface area contributed by atoms with Gasteiger partial charge in [0.1, 0.15) is 7.11 Å². The number of anilines is 1. The zero-order valence-corrected chi connectivity index (χ0v) is 22.9. The van der Waals surface area contributed by atoms with Crippen molar-refractivity contribution < 1.29 is 19.5 Å². The number of benzene rings is 3. The number of H-pyrrole nitrogens is 1. The molecule has 10 nitrogen and oxygen atoms in total. The molecule has 0 aliphatic heterocycles. The summed E-state index contributed by atoms with van der Waals surface area (Å²) in [6.45, 7) is 0.256. The molecule has 11 heteroatoms. The number of hydrogen-bond acceptors (Lipinski definition) is 8. The van der Waals surface area contributed by atoms with Crippen molar-refractivity contribution in [2.24, 2.45) is 5.16 Å². The third-order valence-electron chi connectivity index (χ3n) is 6.42. The average molecular weight is 567 g/mol. The minimum Gasteiger partial charge on any atom is -0.478 e. The van der Waals surface area contributed by atoms with Crippen LogP contribution >= 0.6 is 11.3 Å². The van der Waals surface area contributed by atoms with Crippen LogP contribution in [0.15, 0.2) is 95.5 Å². The summed E-state index contributed by atoms with van der Waals surface area (Å²) in [5, 5.41) is 29.8. The number of carbonyl (C=O) groups excluding carboxylic acids is 1. The molecule has 5 aromatic rings. The van der Waals surface area contributed by atoms with Gasteiger partial charge < -0.3 is 14.8 Å². The third-order valence-corrected chi connectivity index (χ3v) is 7.34. The molecule has 0 bridgehead atoms. The summed E-state index contributed by atoms with van der Waals surface area (Å²) in [4.78, 5) is 32.8.